The molecule has 0 unspecified atom stereocenters. The van der Waals surface area contributed by atoms with Crippen LogP contribution in [0.3, 0.4) is 0 Å². The van der Waals surface area contributed by atoms with Gasteiger partial charge in [0.2, 0.25) is 0 Å². The Morgan fingerprint density at radius 1 is 1.00 bits per heavy atom. The van der Waals surface area contributed by atoms with E-state index in [1.54, 1.807) is 0 Å². The molecule has 0 radical (unpaired) electrons. The minimum atomic E-state index is -5.00. The van der Waals surface area contributed by atoms with Gasteiger partial charge in [0.15, 0.2) is 0 Å². The quantitative estimate of drug-likeness (QED) is 0.390. The molecule has 0 amide bonds. The molecule has 1 aromatic rings. The van der Waals surface area contributed by atoms with E-state index in [4.69, 9.17) is 9.79 Å². The smallest absolute Gasteiger partial charge is 0.311 e. The Bertz CT molecular complexity index is 538. The molecule has 0 bridgehead atoms. The van der Waals surface area contributed by atoms with E-state index in [1.807, 2.05) is 0 Å². The number of rotatable bonds is 3. The van der Waals surface area contributed by atoms with Gasteiger partial charge in [-0.2, -0.15) is 26.3 Å². The van der Waals surface area contributed by atoms with E-state index < -0.39 is 36.9 Å². The summed E-state index contributed by atoms with van der Waals surface area (Å²) in [6, 6.07) is 0.462. The zero-order chi connectivity index (χ0) is 15.8. The number of hydrazine groups is 1. The number of hydrogen-bond acceptors (Lipinski definition) is 2. The van der Waals surface area contributed by atoms with Crippen LogP contribution in [0.4, 0.5) is 32.0 Å². The summed E-state index contributed by atoms with van der Waals surface area (Å²) in [4.78, 5) is 16.9. The van der Waals surface area contributed by atoms with Crippen molar-refractivity contribution in [2.75, 3.05) is 5.43 Å². The predicted octanol–water partition coefficient (Wildman–Crippen LogP) is 2.73. The second kappa shape index (κ2) is 5.24. The van der Waals surface area contributed by atoms with Crippen LogP contribution in [-0.2, 0) is 16.9 Å². The number of nitrogens with one attached hydrogen (secondary N) is 2. The maximum Gasteiger partial charge on any atom is 0.418 e. The molecule has 0 aliphatic heterocycles. The van der Waals surface area contributed by atoms with Gasteiger partial charge in [0.05, 0.1) is 16.8 Å². The molecule has 0 saturated carbocycles. The van der Waals surface area contributed by atoms with Crippen LogP contribution < -0.4 is 10.6 Å². The average molecular weight is 324 g/mol. The van der Waals surface area contributed by atoms with Crippen molar-refractivity contribution < 1.29 is 40.7 Å². The molecule has 0 atom stereocenters. The molecule has 114 valence electrons. The van der Waals surface area contributed by atoms with Crippen molar-refractivity contribution in [2.45, 2.75) is 12.4 Å². The summed E-state index contributed by atoms with van der Waals surface area (Å²) in [6.45, 7) is 0. The number of halogens is 6. The van der Waals surface area contributed by atoms with Crippen molar-refractivity contribution in [3.8, 4) is 0 Å². The summed E-state index contributed by atoms with van der Waals surface area (Å²) >= 11 is 0. The fourth-order valence-corrected chi connectivity index (χ4v) is 1.47. The van der Waals surface area contributed by atoms with E-state index in [0.717, 1.165) is 0 Å². The fourth-order valence-electron chi connectivity index (χ4n) is 1.20. The van der Waals surface area contributed by atoms with Gasteiger partial charge in [0.1, 0.15) is 0 Å². The molecule has 0 heterocycles. The number of benzene rings is 1. The standard InChI is InChI=1S/C8H7F6N2O3P/c9-7(10,11)4-1-2-5(8(12,13)14)6(3-4)15-16-20(17,18)19/h1-3,15H,(H3,16,17,18,19). The molecule has 0 spiro atoms. The maximum atomic E-state index is 12.6. The van der Waals surface area contributed by atoms with Crippen molar-refractivity contribution in [3.05, 3.63) is 29.3 Å². The van der Waals surface area contributed by atoms with Gasteiger partial charge in [-0.05, 0) is 18.2 Å². The third-order valence-electron chi connectivity index (χ3n) is 1.99. The monoisotopic (exact) mass is 324 g/mol. The largest absolute Gasteiger partial charge is 0.418 e. The van der Waals surface area contributed by atoms with Crippen molar-refractivity contribution in [1.82, 2.24) is 5.20 Å². The van der Waals surface area contributed by atoms with Crippen LogP contribution >= 0.6 is 7.75 Å². The summed E-state index contributed by atoms with van der Waals surface area (Å²) in [5, 5.41) is 1.18. The Hall–Kier alpha value is -1.29. The first kappa shape index (κ1) is 16.8. The van der Waals surface area contributed by atoms with Gasteiger partial charge in [-0.15, -0.1) is 5.20 Å². The van der Waals surface area contributed by atoms with Gasteiger partial charge in [0, 0.05) is 0 Å². The third-order valence-corrected chi connectivity index (χ3v) is 2.39. The van der Waals surface area contributed by atoms with E-state index in [1.165, 1.54) is 10.6 Å². The van der Waals surface area contributed by atoms with Crippen molar-refractivity contribution in [1.29, 1.82) is 0 Å². The van der Waals surface area contributed by atoms with Gasteiger partial charge >= 0.3 is 20.1 Å². The highest BCUT2D eigenvalue weighted by Crippen LogP contribution is 2.39. The third kappa shape index (κ3) is 4.67. The van der Waals surface area contributed by atoms with Crippen LogP contribution in [-0.4, -0.2) is 9.79 Å². The van der Waals surface area contributed by atoms with Crippen molar-refractivity contribution >= 4 is 13.4 Å². The first-order valence-corrected chi connectivity index (χ1v) is 6.29. The van der Waals surface area contributed by atoms with Crippen LogP contribution in [0.25, 0.3) is 0 Å². The number of alkyl halides is 6. The lowest BCUT2D eigenvalue weighted by molar-refractivity contribution is -0.140. The number of hydrogen-bond donors (Lipinski definition) is 4. The van der Waals surface area contributed by atoms with Crippen LogP contribution in [0, 0.1) is 0 Å². The van der Waals surface area contributed by atoms with Gasteiger partial charge in [-0.25, -0.2) is 4.57 Å². The van der Waals surface area contributed by atoms with Crippen molar-refractivity contribution in [3.63, 3.8) is 0 Å². The van der Waals surface area contributed by atoms with Crippen LogP contribution in [0.2, 0.25) is 0 Å². The molecular formula is C8H7F6N2O3P. The Balaban J connectivity index is 3.24. The molecule has 4 N–H and O–H groups in total. The molecule has 0 saturated heterocycles. The second-order valence-corrected chi connectivity index (χ2v) is 4.85. The summed E-state index contributed by atoms with van der Waals surface area (Å²) in [5.41, 5.74) is -2.63. The minimum absolute atomic E-state index is 0.0888. The maximum absolute atomic E-state index is 12.6. The highest BCUT2D eigenvalue weighted by molar-refractivity contribution is 7.49. The number of anilines is 1. The second-order valence-electron chi connectivity index (χ2n) is 3.54. The zero-order valence-corrected chi connectivity index (χ0v) is 10.1. The molecule has 0 aliphatic carbocycles. The normalized spacial score (nSPS) is 13.4. The van der Waals surface area contributed by atoms with Gasteiger partial charge in [-0.1, -0.05) is 0 Å². The Morgan fingerprint density at radius 3 is 1.95 bits per heavy atom. The summed E-state index contributed by atoms with van der Waals surface area (Å²) in [7, 11) is -4.97. The molecule has 12 heteroatoms. The van der Waals surface area contributed by atoms with E-state index in [0.29, 0.717) is 0 Å². The first-order chi connectivity index (χ1) is 8.81. The predicted molar refractivity (Wildman–Crippen MR) is 55.2 cm³/mol. The van der Waals surface area contributed by atoms with Crippen LogP contribution in [0.1, 0.15) is 11.1 Å². The summed E-state index contributed by atoms with van der Waals surface area (Å²) < 4.78 is 85.3. The summed E-state index contributed by atoms with van der Waals surface area (Å²) in [5.74, 6) is 0. The Kier molecular flexibility index (Phi) is 4.39. The van der Waals surface area contributed by atoms with Crippen LogP contribution in [0.5, 0.6) is 0 Å². The van der Waals surface area contributed by atoms with Gasteiger partial charge in [0.25, 0.3) is 0 Å². The molecule has 0 fully saturated rings. The molecule has 5 nitrogen and oxygen atoms in total. The molecular weight excluding hydrogens is 317 g/mol. The molecule has 1 aromatic carbocycles. The highest BCUT2D eigenvalue weighted by Gasteiger charge is 2.37. The zero-order valence-electron chi connectivity index (χ0n) is 9.25. The minimum Gasteiger partial charge on any atom is -0.311 e. The highest BCUT2D eigenvalue weighted by atomic mass is 31.2. The van der Waals surface area contributed by atoms with E-state index in [9.17, 15) is 30.9 Å². The Labute approximate surface area is 107 Å². The van der Waals surface area contributed by atoms with Gasteiger partial charge in [-0.3, -0.25) is 0 Å². The van der Waals surface area contributed by atoms with Crippen LogP contribution in [0.15, 0.2) is 18.2 Å². The van der Waals surface area contributed by atoms with E-state index in [-0.39, 0.29) is 18.2 Å². The van der Waals surface area contributed by atoms with Gasteiger partial charge < -0.3 is 15.2 Å². The topological polar surface area (TPSA) is 81.6 Å². The molecule has 1 rings (SSSR count). The summed E-state index contributed by atoms with van der Waals surface area (Å²) in [6.07, 6.45) is -9.90. The lowest BCUT2D eigenvalue weighted by Gasteiger charge is -2.17. The van der Waals surface area contributed by atoms with E-state index in [2.05, 4.69) is 0 Å². The molecule has 20 heavy (non-hydrogen) atoms. The fraction of sp³-hybridized carbons (Fsp3) is 0.250. The molecule has 0 aliphatic rings. The molecule has 0 aromatic heterocycles. The average Bonchev–Trinajstić information content (AvgIpc) is 2.22. The Morgan fingerprint density at radius 2 is 1.55 bits per heavy atom. The lowest BCUT2D eigenvalue weighted by atomic mass is 10.1. The lowest BCUT2D eigenvalue weighted by Crippen LogP contribution is -2.21. The first-order valence-electron chi connectivity index (χ1n) is 4.68. The SMILES string of the molecule is O=P(O)(O)NNc1cc(C(F)(F)F)ccc1C(F)(F)F. The van der Waals surface area contributed by atoms with Crippen molar-refractivity contribution in [2.24, 2.45) is 0 Å². The van der Waals surface area contributed by atoms with E-state index >= 15 is 0 Å².